The summed E-state index contributed by atoms with van der Waals surface area (Å²) in [5.74, 6) is 0.646. The van der Waals surface area contributed by atoms with Gasteiger partial charge < -0.3 is 4.57 Å². The molecule has 0 saturated heterocycles. The third-order valence-electron chi connectivity index (χ3n) is 4.89. The summed E-state index contributed by atoms with van der Waals surface area (Å²) in [5, 5.41) is 4.61. The Balaban J connectivity index is 2.09. The molecule has 3 aromatic rings. The zero-order valence-electron chi connectivity index (χ0n) is 17.4. The molecule has 2 heterocycles. The molecule has 0 unspecified atom stereocenters. The Kier molecular flexibility index (Phi) is 6.31. The molecule has 0 aliphatic carbocycles. The predicted molar refractivity (Wildman–Crippen MR) is 117 cm³/mol. The summed E-state index contributed by atoms with van der Waals surface area (Å²) in [5.41, 5.74) is 4.78. The van der Waals surface area contributed by atoms with Gasteiger partial charge in [0, 0.05) is 13.6 Å². The minimum Gasteiger partial charge on any atom is -0.303 e. The lowest BCUT2D eigenvalue weighted by molar-refractivity contribution is 0.615. The fourth-order valence-corrected chi connectivity index (χ4v) is 3.30. The molecule has 0 atom stereocenters. The molecular weight excluding hydrogens is 368 g/mol. The first-order valence-electron chi connectivity index (χ1n) is 10.0. The first kappa shape index (κ1) is 20.6. The minimum absolute atomic E-state index is 0.190. The van der Waals surface area contributed by atoms with Crippen LogP contribution in [0.15, 0.2) is 45.0 Å². The largest absolute Gasteiger partial charge is 0.329 e. The van der Waals surface area contributed by atoms with Crippen LogP contribution in [-0.2, 0) is 13.6 Å². The van der Waals surface area contributed by atoms with E-state index in [0.29, 0.717) is 23.7 Å². The second-order valence-corrected chi connectivity index (χ2v) is 7.41. The summed E-state index contributed by atoms with van der Waals surface area (Å²) in [6.45, 7) is 6.89. The lowest BCUT2D eigenvalue weighted by Crippen LogP contribution is -2.29. The number of hydrogen-bond donors (Lipinski definition) is 2. The number of hydrazone groups is 1. The summed E-state index contributed by atoms with van der Waals surface area (Å²) < 4.78 is 3.16. The van der Waals surface area contributed by atoms with Gasteiger partial charge in [-0.1, -0.05) is 63.9 Å². The molecule has 0 fully saturated rings. The van der Waals surface area contributed by atoms with E-state index < -0.39 is 11.2 Å². The van der Waals surface area contributed by atoms with Crippen LogP contribution >= 0.6 is 0 Å². The number of nitrogens with one attached hydrogen (secondary N) is 2. The monoisotopic (exact) mass is 396 g/mol. The standard InChI is InChI=1S/C21H28N6O2/c1-5-6-10-13-27-17-18(26(4)21(29)23-19(17)28)22-20(27)25-24-16(14(2)3)15-11-8-7-9-12-15/h7-9,11-12,14H,5-6,10,13H2,1-4H3,(H,22,25)(H,23,28,29). The Morgan fingerprint density at radius 1 is 1.21 bits per heavy atom. The lowest BCUT2D eigenvalue weighted by atomic mass is 10.0. The highest BCUT2D eigenvalue weighted by Crippen LogP contribution is 2.18. The summed E-state index contributed by atoms with van der Waals surface area (Å²) in [6.07, 6.45) is 3.00. The molecule has 1 aromatic carbocycles. The van der Waals surface area contributed by atoms with E-state index in [0.717, 1.165) is 30.5 Å². The van der Waals surface area contributed by atoms with Gasteiger partial charge in [0.2, 0.25) is 5.95 Å². The van der Waals surface area contributed by atoms with Crippen molar-refractivity contribution in [2.24, 2.45) is 18.1 Å². The Morgan fingerprint density at radius 3 is 2.59 bits per heavy atom. The molecule has 2 aromatic heterocycles. The summed E-state index contributed by atoms with van der Waals surface area (Å²) in [4.78, 5) is 31.4. The van der Waals surface area contributed by atoms with Gasteiger partial charge in [-0.2, -0.15) is 10.1 Å². The molecule has 0 bridgehead atoms. The number of unbranched alkanes of at least 4 members (excludes halogenated alkanes) is 2. The molecule has 8 nitrogen and oxygen atoms in total. The van der Waals surface area contributed by atoms with E-state index in [-0.39, 0.29) is 5.92 Å². The van der Waals surface area contributed by atoms with Crippen molar-refractivity contribution in [3.05, 3.63) is 56.7 Å². The van der Waals surface area contributed by atoms with Crippen LogP contribution in [0.25, 0.3) is 11.2 Å². The number of benzene rings is 1. The minimum atomic E-state index is -0.483. The average molecular weight is 396 g/mol. The quantitative estimate of drug-likeness (QED) is 0.347. The lowest BCUT2D eigenvalue weighted by Gasteiger charge is -2.12. The zero-order chi connectivity index (χ0) is 21.0. The highest BCUT2D eigenvalue weighted by Gasteiger charge is 2.17. The summed E-state index contributed by atoms with van der Waals surface area (Å²) in [6, 6.07) is 9.94. The van der Waals surface area contributed by atoms with Gasteiger partial charge in [-0.05, 0) is 17.9 Å². The number of aryl methyl sites for hydroxylation is 2. The second-order valence-electron chi connectivity index (χ2n) is 7.41. The van der Waals surface area contributed by atoms with E-state index in [1.807, 2.05) is 34.9 Å². The molecule has 0 saturated carbocycles. The number of rotatable bonds is 8. The number of anilines is 1. The van der Waals surface area contributed by atoms with Crippen LogP contribution in [0, 0.1) is 5.92 Å². The third kappa shape index (κ3) is 4.31. The van der Waals surface area contributed by atoms with E-state index in [9.17, 15) is 9.59 Å². The highest BCUT2D eigenvalue weighted by molar-refractivity contribution is 6.02. The first-order valence-corrected chi connectivity index (χ1v) is 10.0. The van der Waals surface area contributed by atoms with Gasteiger partial charge in [0.25, 0.3) is 5.56 Å². The molecule has 0 amide bonds. The number of H-pyrrole nitrogens is 1. The summed E-state index contributed by atoms with van der Waals surface area (Å²) in [7, 11) is 1.60. The molecule has 0 spiro atoms. The smallest absolute Gasteiger partial charge is 0.303 e. The molecule has 0 aliphatic heterocycles. The number of aromatic nitrogens is 4. The predicted octanol–water partition coefficient (Wildman–Crippen LogP) is 3.09. The first-order chi connectivity index (χ1) is 13.9. The molecule has 8 heteroatoms. The van der Waals surface area contributed by atoms with Crippen LogP contribution in [0.4, 0.5) is 5.95 Å². The van der Waals surface area contributed by atoms with Crippen LogP contribution in [0.5, 0.6) is 0 Å². The third-order valence-corrected chi connectivity index (χ3v) is 4.89. The number of hydrogen-bond acceptors (Lipinski definition) is 5. The van der Waals surface area contributed by atoms with E-state index in [2.05, 4.69) is 41.3 Å². The van der Waals surface area contributed by atoms with Crippen LogP contribution in [0.3, 0.4) is 0 Å². The van der Waals surface area contributed by atoms with Gasteiger partial charge in [0.05, 0.1) is 5.71 Å². The van der Waals surface area contributed by atoms with E-state index >= 15 is 0 Å². The van der Waals surface area contributed by atoms with Crippen LogP contribution < -0.4 is 16.7 Å². The van der Waals surface area contributed by atoms with Crippen molar-refractivity contribution in [2.75, 3.05) is 5.43 Å². The Hall–Kier alpha value is -3.16. The van der Waals surface area contributed by atoms with Gasteiger partial charge in [-0.15, -0.1) is 0 Å². The van der Waals surface area contributed by atoms with Gasteiger partial charge in [0.15, 0.2) is 11.2 Å². The molecule has 2 N–H and O–H groups in total. The van der Waals surface area contributed by atoms with Gasteiger partial charge in [0.1, 0.15) is 0 Å². The van der Waals surface area contributed by atoms with Gasteiger partial charge >= 0.3 is 5.69 Å². The van der Waals surface area contributed by atoms with Crippen molar-refractivity contribution in [3.63, 3.8) is 0 Å². The summed E-state index contributed by atoms with van der Waals surface area (Å²) >= 11 is 0. The van der Waals surface area contributed by atoms with Gasteiger partial charge in [-0.25, -0.2) is 10.2 Å². The highest BCUT2D eigenvalue weighted by atomic mass is 16.2. The van der Waals surface area contributed by atoms with E-state index in [4.69, 9.17) is 0 Å². The van der Waals surface area contributed by atoms with Crippen molar-refractivity contribution >= 4 is 22.8 Å². The number of imidazole rings is 1. The Labute approximate surface area is 169 Å². The molecule has 154 valence electrons. The molecule has 0 radical (unpaired) electrons. The Bertz CT molecular complexity index is 1120. The second kappa shape index (κ2) is 8.89. The van der Waals surface area contributed by atoms with Crippen LogP contribution in [0.2, 0.25) is 0 Å². The van der Waals surface area contributed by atoms with Crippen molar-refractivity contribution in [2.45, 2.75) is 46.6 Å². The Morgan fingerprint density at radius 2 is 1.93 bits per heavy atom. The molecule has 3 rings (SSSR count). The maximum absolute atomic E-state index is 12.5. The van der Waals surface area contributed by atoms with Crippen molar-refractivity contribution in [1.29, 1.82) is 0 Å². The molecule has 29 heavy (non-hydrogen) atoms. The van der Waals surface area contributed by atoms with Crippen LogP contribution in [-0.4, -0.2) is 24.8 Å². The molecule has 0 aliphatic rings. The van der Waals surface area contributed by atoms with Crippen molar-refractivity contribution < 1.29 is 0 Å². The maximum Gasteiger partial charge on any atom is 0.329 e. The number of aromatic amines is 1. The average Bonchev–Trinajstić information content (AvgIpc) is 3.06. The zero-order valence-corrected chi connectivity index (χ0v) is 17.4. The topological polar surface area (TPSA) is 97.1 Å². The van der Waals surface area contributed by atoms with E-state index in [1.54, 1.807) is 7.05 Å². The maximum atomic E-state index is 12.5. The fourth-order valence-electron chi connectivity index (χ4n) is 3.30. The number of nitrogens with zero attached hydrogens (tertiary/aromatic N) is 4. The van der Waals surface area contributed by atoms with E-state index in [1.165, 1.54) is 4.57 Å². The fraction of sp³-hybridized carbons (Fsp3) is 0.429. The van der Waals surface area contributed by atoms with Gasteiger partial charge in [-0.3, -0.25) is 14.3 Å². The SMILES string of the molecule is CCCCCn1c(NN=C(c2ccccc2)C(C)C)nc2c1c(=O)[nH]c(=O)n2C. The molecular formula is C21H28N6O2. The van der Waals surface area contributed by atoms with Crippen molar-refractivity contribution in [3.8, 4) is 0 Å². The van der Waals surface area contributed by atoms with Crippen LogP contribution in [0.1, 0.15) is 45.6 Å². The van der Waals surface area contributed by atoms with Crippen molar-refractivity contribution in [1.82, 2.24) is 19.1 Å². The number of fused-ring (bicyclic) bond motifs is 1. The normalized spacial score (nSPS) is 12.1.